The van der Waals surface area contributed by atoms with Crippen molar-refractivity contribution < 1.29 is 24.6 Å². The van der Waals surface area contributed by atoms with E-state index in [1.165, 1.54) is 0 Å². The molecule has 0 rings (SSSR count). The van der Waals surface area contributed by atoms with Crippen LogP contribution in [0.4, 0.5) is 0 Å². The molecule has 0 aromatic heterocycles. The topological polar surface area (TPSA) is 94.9 Å². The van der Waals surface area contributed by atoms with Crippen LogP contribution in [-0.2, 0) is 14.4 Å². The number of carbonyl (C=O) groups excluding carboxylic acids is 1. The molecule has 0 unspecified atom stereocenters. The van der Waals surface area contributed by atoms with Crippen molar-refractivity contribution in [2.75, 3.05) is 13.1 Å². The molecule has 0 aliphatic heterocycles. The van der Waals surface area contributed by atoms with Crippen molar-refractivity contribution in [2.45, 2.75) is 46.0 Å². The highest BCUT2D eigenvalue weighted by Crippen LogP contribution is 2.07. The third-order valence-corrected chi connectivity index (χ3v) is 2.72. The number of nitrogens with zero attached hydrogens (tertiary/aromatic N) is 1. The summed E-state index contributed by atoms with van der Waals surface area (Å²) < 4.78 is 0. The average Bonchev–Trinajstić information content (AvgIpc) is 2.30. The molecule has 0 atom stereocenters. The van der Waals surface area contributed by atoms with Crippen molar-refractivity contribution >= 4 is 17.8 Å². The Morgan fingerprint density at radius 2 is 1.47 bits per heavy atom. The Kier molecular flexibility index (Phi) is 8.57. The third kappa shape index (κ3) is 9.04. The van der Waals surface area contributed by atoms with E-state index in [1.807, 2.05) is 0 Å². The van der Waals surface area contributed by atoms with E-state index in [9.17, 15) is 14.4 Å². The smallest absolute Gasteiger partial charge is 0.305 e. The van der Waals surface area contributed by atoms with Gasteiger partial charge in [0.2, 0.25) is 5.91 Å². The van der Waals surface area contributed by atoms with Gasteiger partial charge >= 0.3 is 11.9 Å². The second kappa shape index (κ2) is 9.35. The Labute approximate surface area is 113 Å². The fraction of sp³-hybridized carbons (Fsp3) is 0.769. The first kappa shape index (κ1) is 17.4. The van der Waals surface area contributed by atoms with Crippen LogP contribution >= 0.6 is 0 Å². The summed E-state index contributed by atoms with van der Waals surface area (Å²) in [6, 6.07) is 0. The number of hydrogen-bond acceptors (Lipinski definition) is 3. The van der Waals surface area contributed by atoms with E-state index in [0.717, 1.165) is 6.42 Å². The van der Waals surface area contributed by atoms with Gasteiger partial charge in [-0.15, -0.1) is 0 Å². The van der Waals surface area contributed by atoms with Gasteiger partial charge in [-0.1, -0.05) is 20.3 Å². The van der Waals surface area contributed by atoms with Gasteiger partial charge in [0.15, 0.2) is 0 Å². The maximum atomic E-state index is 11.9. The lowest BCUT2D eigenvalue weighted by molar-refractivity contribution is -0.140. The van der Waals surface area contributed by atoms with E-state index in [-0.39, 0.29) is 31.2 Å². The van der Waals surface area contributed by atoms with Gasteiger partial charge in [0.05, 0.1) is 6.42 Å². The van der Waals surface area contributed by atoms with E-state index in [1.54, 1.807) is 18.7 Å². The van der Waals surface area contributed by atoms with Crippen molar-refractivity contribution in [3.8, 4) is 0 Å². The molecule has 0 aliphatic rings. The SMILES string of the molecule is CC(C)C(=O)N(CCCCCC(=O)O)CCC(=O)O. The summed E-state index contributed by atoms with van der Waals surface area (Å²) >= 11 is 0. The summed E-state index contributed by atoms with van der Waals surface area (Å²) in [5.41, 5.74) is 0. The zero-order valence-corrected chi connectivity index (χ0v) is 11.6. The number of hydrogen-bond donors (Lipinski definition) is 2. The Morgan fingerprint density at radius 3 is 1.95 bits per heavy atom. The maximum absolute atomic E-state index is 11.9. The lowest BCUT2D eigenvalue weighted by Gasteiger charge is -2.24. The normalized spacial score (nSPS) is 10.5. The summed E-state index contributed by atoms with van der Waals surface area (Å²) in [6.07, 6.45) is 2.07. The van der Waals surface area contributed by atoms with E-state index in [0.29, 0.717) is 19.4 Å². The molecule has 6 heteroatoms. The third-order valence-electron chi connectivity index (χ3n) is 2.72. The molecule has 2 N–H and O–H groups in total. The summed E-state index contributed by atoms with van der Waals surface area (Å²) in [5, 5.41) is 17.1. The highest BCUT2D eigenvalue weighted by atomic mass is 16.4. The molecule has 0 saturated heterocycles. The van der Waals surface area contributed by atoms with E-state index in [4.69, 9.17) is 10.2 Å². The molecule has 0 radical (unpaired) electrons. The van der Waals surface area contributed by atoms with Crippen LogP contribution in [0.25, 0.3) is 0 Å². The fourth-order valence-corrected chi connectivity index (χ4v) is 1.68. The molecule has 0 aromatic carbocycles. The summed E-state index contributed by atoms with van der Waals surface area (Å²) in [7, 11) is 0. The molecule has 0 aromatic rings. The van der Waals surface area contributed by atoms with Gasteiger partial charge in [-0.2, -0.15) is 0 Å². The van der Waals surface area contributed by atoms with Crippen molar-refractivity contribution in [3.05, 3.63) is 0 Å². The molecule has 0 saturated carbocycles. The minimum atomic E-state index is -0.924. The number of carboxylic acids is 2. The number of carbonyl (C=O) groups is 3. The average molecular weight is 273 g/mol. The molecule has 19 heavy (non-hydrogen) atoms. The zero-order valence-electron chi connectivity index (χ0n) is 11.6. The number of unbranched alkanes of at least 4 members (excludes halogenated alkanes) is 2. The van der Waals surface area contributed by atoms with Crippen molar-refractivity contribution in [2.24, 2.45) is 5.92 Å². The number of rotatable bonds is 10. The molecule has 0 aliphatic carbocycles. The molecule has 0 spiro atoms. The molecular formula is C13H23NO5. The Balaban J connectivity index is 4.08. The van der Waals surface area contributed by atoms with Crippen LogP contribution in [0.2, 0.25) is 0 Å². The molecular weight excluding hydrogens is 250 g/mol. The van der Waals surface area contributed by atoms with Crippen LogP contribution in [0, 0.1) is 5.92 Å². The first-order valence-corrected chi connectivity index (χ1v) is 6.57. The maximum Gasteiger partial charge on any atom is 0.305 e. The van der Waals surface area contributed by atoms with Gasteiger partial charge in [0.25, 0.3) is 0 Å². The summed E-state index contributed by atoms with van der Waals surface area (Å²) in [5.74, 6) is -1.96. The second-order valence-electron chi connectivity index (χ2n) is 4.83. The summed E-state index contributed by atoms with van der Waals surface area (Å²) in [6.45, 7) is 4.26. The lowest BCUT2D eigenvalue weighted by atomic mass is 10.1. The van der Waals surface area contributed by atoms with E-state index >= 15 is 0 Å². The van der Waals surface area contributed by atoms with Crippen LogP contribution in [0.15, 0.2) is 0 Å². The highest BCUT2D eigenvalue weighted by Gasteiger charge is 2.17. The van der Waals surface area contributed by atoms with Crippen molar-refractivity contribution in [3.63, 3.8) is 0 Å². The molecule has 1 amide bonds. The van der Waals surface area contributed by atoms with Crippen molar-refractivity contribution in [1.82, 2.24) is 4.90 Å². The van der Waals surface area contributed by atoms with Gasteiger partial charge in [0, 0.05) is 25.4 Å². The minimum absolute atomic E-state index is 0.0560. The van der Waals surface area contributed by atoms with Crippen LogP contribution in [-0.4, -0.2) is 46.0 Å². The number of aliphatic carboxylic acids is 2. The van der Waals surface area contributed by atoms with Gasteiger partial charge in [-0.25, -0.2) is 0 Å². The molecule has 0 fully saturated rings. The Morgan fingerprint density at radius 1 is 0.895 bits per heavy atom. The Bertz CT molecular complexity index is 314. The van der Waals surface area contributed by atoms with Gasteiger partial charge in [-0.3, -0.25) is 14.4 Å². The van der Waals surface area contributed by atoms with Crippen LogP contribution in [0.1, 0.15) is 46.0 Å². The fourth-order valence-electron chi connectivity index (χ4n) is 1.68. The standard InChI is InChI=1S/C13H23NO5/c1-10(2)13(19)14(9-7-12(17)18)8-5-3-4-6-11(15)16/h10H,3-9H2,1-2H3,(H,15,16)(H,17,18). The quantitative estimate of drug-likeness (QED) is 0.589. The first-order chi connectivity index (χ1) is 8.84. The van der Waals surface area contributed by atoms with Crippen molar-refractivity contribution in [1.29, 1.82) is 0 Å². The zero-order chi connectivity index (χ0) is 14.8. The second-order valence-corrected chi connectivity index (χ2v) is 4.83. The molecule has 6 nitrogen and oxygen atoms in total. The van der Waals surface area contributed by atoms with E-state index in [2.05, 4.69) is 0 Å². The van der Waals surface area contributed by atoms with Gasteiger partial charge < -0.3 is 15.1 Å². The number of amides is 1. The summed E-state index contributed by atoms with van der Waals surface area (Å²) in [4.78, 5) is 34.3. The largest absolute Gasteiger partial charge is 0.481 e. The monoisotopic (exact) mass is 273 g/mol. The highest BCUT2D eigenvalue weighted by molar-refractivity contribution is 5.78. The predicted octanol–water partition coefficient (Wildman–Crippen LogP) is 1.59. The van der Waals surface area contributed by atoms with Crippen LogP contribution in [0.5, 0.6) is 0 Å². The van der Waals surface area contributed by atoms with Gasteiger partial charge in [-0.05, 0) is 12.8 Å². The molecule has 0 bridgehead atoms. The van der Waals surface area contributed by atoms with E-state index < -0.39 is 11.9 Å². The predicted molar refractivity (Wildman–Crippen MR) is 69.8 cm³/mol. The first-order valence-electron chi connectivity index (χ1n) is 6.57. The Hall–Kier alpha value is -1.59. The van der Waals surface area contributed by atoms with Crippen LogP contribution in [0.3, 0.4) is 0 Å². The van der Waals surface area contributed by atoms with Crippen LogP contribution < -0.4 is 0 Å². The molecule has 0 heterocycles. The van der Waals surface area contributed by atoms with Gasteiger partial charge in [0.1, 0.15) is 0 Å². The lowest BCUT2D eigenvalue weighted by Crippen LogP contribution is -2.36. The number of carboxylic acid groups (broad SMARTS) is 2. The molecule has 110 valence electrons. The minimum Gasteiger partial charge on any atom is -0.481 e.